The second-order valence-electron chi connectivity index (χ2n) is 4.46. The maximum Gasteiger partial charge on any atom is 0.134 e. The number of benzene rings is 1. The third-order valence-electron chi connectivity index (χ3n) is 3.34. The van der Waals surface area contributed by atoms with Crippen molar-refractivity contribution in [2.75, 3.05) is 13.1 Å². The van der Waals surface area contributed by atoms with E-state index in [-0.39, 0.29) is 0 Å². The van der Waals surface area contributed by atoms with Gasteiger partial charge in [0, 0.05) is 17.5 Å². The molecule has 84 valence electrons. The maximum atomic E-state index is 10.6. The van der Waals surface area contributed by atoms with E-state index in [0.717, 1.165) is 35.9 Å². The van der Waals surface area contributed by atoms with Gasteiger partial charge in [-0.2, -0.15) is 0 Å². The average Bonchev–Trinajstić information content (AvgIpc) is 2.74. The van der Waals surface area contributed by atoms with Gasteiger partial charge in [-0.05, 0) is 25.5 Å². The maximum absolute atomic E-state index is 10.6. The lowest BCUT2D eigenvalue weighted by atomic mass is 9.86. The first-order valence-corrected chi connectivity index (χ1v) is 5.69. The van der Waals surface area contributed by atoms with Crippen LogP contribution in [0.15, 0.2) is 34.9 Å². The van der Waals surface area contributed by atoms with E-state index in [4.69, 9.17) is 4.42 Å². The van der Waals surface area contributed by atoms with Crippen LogP contribution in [0, 0.1) is 0 Å². The number of para-hydroxylation sites is 1. The Balaban J connectivity index is 2.11. The van der Waals surface area contributed by atoms with E-state index < -0.39 is 5.60 Å². The normalized spacial score (nSPS) is 26.1. The van der Waals surface area contributed by atoms with Crippen LogP contribution in [0.4, 0.5) is 0 Å². The summed E-state index contributed by atoms with van der Waals surface area (Å²) in [6, 6.07) is 7.85. The number of piperidine rings is 1. The van der Waals surface area contributed by atoms with Crippen molar-refractivity contribution < 1.29 is 9.52 Å². The van der Waals surface area contributed by atoms with Crippen LogP contribution in [0.1, 0.15) is 18.4 Å². The van der Waals surface area contributed by atoms with E-state index in [1.54, 1.807) is 6.26 Å². The zero-order chi connectivity index (χ0) is 11.0. The van der Waals surface area contributed by atoms with Gasteiger partial charge >= 0.3 is 0 Å². The van der Waals surface area contributed by atoms with Gasteiger partial charge in [0.05, 0.1) is 6.26 Å². The highest BCUT2D eigenvalue weighted by atomic mass is 16.3. The Morgan fingerprint density at radius 3 is 3.00 bits per heavy atom. The number of furan rings is 1. The number of fused-ring (bicyclic) bond motifs is 1. The van der Waals surface area contributed by atoms with Crippen molar-refractivity contribution in [3.63, 3.8) is 0 Å². The van der Waals surface area contributed by atoms with Gasteiger partial charge in [-0.1, -0.05) is 18.2 Å². The fourth-order valence-corrected chi connectivity index (χ4v) is 2.46. The number of nitrogens with one attached hydrogen (secondary N) is 1. The van der Waals surface area contributed by atoms with Crippen LogP contribution < -0.4 is 5.32 Å². The monoisotopic (exact) mass is 217 g/mol. The summed E-state index contributed by atoms with van der Waals surface area (Å²) in [4.78, 5) is 0. The van der Waals surface area contributed by atoms with Crippen molar-refractivity contribution in [2.24, 2.45) is 0 Å². The molecular formula is C13H15NO2. The minimum atomic E-state index is -0.773. The predicted molar refractivity (Wildman–Crippen MR) is 62.2 cm³/mol. The molecular weight excluding hydrogens is 202 g/mol. The number of aliphatic hydroxyl groups is 1. The van der Waals surface area contributed by atoms with Gasteiger partial charge < -0.3 is 14.8 Å². The largest absolute Gasteiger partial charge is 0.464 e. The smallest absolute Gasteiger partial charge is 0.134 e. The van der Waals surface area contributed by atoms with Gasteiger partial charge in [-0.15, -0.1) is 0 Å². The fraction of sp³-hybridized carbons (Fsp3) is 0.385. The second-order valence-corrected chi connectivity index (χ2v) is 4.46. The molecule has 2 N–H and O–H groups in total. The van der Waals surface area contributed by atoms with E-state index in [1.165, 1.54) is 0 Å². The Labute approximate surface area is 94.1 Å². The van der Waals surface area contributed by atoms with E-state index in [0.29, 0.717) is 6.54 Å². The molecule has 1 saturated heterocycles. The Bertz CT molecular complexity index is 497. The van der Waals surface area contributed by atoms with Gasteiger partial charge in [0.1, 0.15) is 11.2 Å². The number of hydrogen-bond acceptors (Lipinski definition) is 3. The number of β-amino-alcohol motifs (C(OH)–C–C–N with tert-alkyl or cyclic N) is 1. The highest BCUT2D eigenvalue weighted by Crippen LogP contribution is 2.34. The van der Waals surface area contributed by atoms with Crippen LogP contribution in [0.25, 0.3) is 11.0 Å². The fourth-order valence-electron chi connectivity index (χ4n) is 2.46. The molecule has 0 bridgehead atoms. The first kappa shape index (κ1) is 9.87. The van der Waals surface area contributed by atoms with Crippen molar-refractivity contribution in [3.05, 3.63) is 36.1 Å². The Hall–Kier alpha value is -1.32. The molecule has 1 atom stereocenters. The van der Waals surface area contributed by atoms with E-state index in [9.17, 15) is 5.11 Å². The van der Waals surface area contributed by atoms with Gasteiger partial charge in [0.2, 0.25) is 0 Å². The first-order valence-electron chi connectivity index (χ1n) is 5.69. The highest BCUT2D eigenvalue weighted by Gasteiger charge is 2.33. The molecule has 1 aromatic carbocycles. The molecule has 1 unspecified atom stereocenters. The second kappa shape index (κ2) is 3.61. The summed E-state index contributed by atoms with van der Waals surface area (Å²) in [5.41, 5.74) is 0.983. The molecule has 0 radical (unpaired) electrons. The molecule has 1 aromatic heterocycles. The Morgan fingerprint density at radius 2 is 2.19 bits per heavy atom. The summed E-state index contributed by atoms with van der Waals surface area (Å²) in [7, 11) is 0. The van der Waals surface area contributed by atoms with Gasteiger partial charge in [-0.3, -0.25) is 0 Å². The van der Waals surface area contributed by atoms with E-state index in [1.807, 2.05) is 24.3 Å². The molecule has 3 nitrogen and oxygen atoms in total. The molecule has 1 aliphatic rings. The summed E-state index contributed by atoms with van der Waals surface area (Å²) < 4.78 is 5.48. The van der Waals surface area contributed by atoms with E-state index >= 15 is 0 Å². The van der Waals surface area contributed by atoms with Crippen molar-refractivity contribution in [1.82, 2.24) is 5.32 Å². The molecule has 16 heavy (non-hydrogen) atoms. The van der Waals surface area contributed by atoms with Crippen molar-refractivity contribution in [1.29, 1.82) is 0 Å². The molecule has 0 aliphatic carbocycles. The lowest BCUT2D eigenvalue weighted by Gasteiger charge is -2.32. The minimum absolute atomic E-state index is 0.608. The van der Waals surface area contributed by atoms with Gasteiger partial charge in [0.15, 0.2) is 0 Å². The molecule has 0 saturated carbocycles. The minimum Gasteiger partial charge on any atom is -0.464 e. The highest BCUT2D eigenvalue weighted by molar-refractivity contribution is 5.81. The third kappa shape index (κ3) is 1.44. The predicted octanol–water partition coefficient (Wildman–Crippen LogP) is 2.00. The zero-order valence-corrected chi connectivity index (χ0v) is 9.07. The first-order chi connectivity index (χ1) is 7.80. The van der Waals surface area contributed by atoms with Crippen molar-refractivity contribution >= 4 is 11.0 Å². The summed E-state index contributed by atoms with van der Waals surface area (Å²) >= 11 is 0. The molecule has 1 fully saturated rings. The zero-order valence-electron chi connectivity index (χ0n) is 9.07. The average molecular weight is 217 g/mol. The topological polar surface area (TPSA) is 45.4 Å². The lowest BCUT2D eigenvalue weighted by molar-refractivity contribution is 0.0130. The van der Waals surface area contributed by atoms with Crippen LogP contribution >= 0.6 is 0 Å². The SMILES string of the molecule is OC1(c2coc3ccccc23)CCCNC1. The molecule has 3 heteroatoms. The molecule has 0 amide bonds. The Morgan fingerprint density at radius 1 is 1.31 bits per heavy atom. The molecule has 0 spiro atoms. The van der Waals surface area contributed by atoms with Crippen molar-refractivity contribution in [2.45, 2.75) is 18.4 Å². The standard InChI is InChI=1S/C13H15NO2/c15-13(6-3-7-14-9-13)11-8-16-12-5-2-1-4-10(11)12/h1-2,4-5,8,14-15H,3,6-7,9H2. The molecule has 1 aliphatic heterocycles. The molecule has 2 aromatic rings. The molecule has 3 rings (SSSR count). The third-order valence-corrected chi connectivity index (χ3v) is 3.34. The quantitative estimate of drug-likeness (QED) is 0.768. The summed E-state index contributed by atoms with van der Waals surface area (Å²) in [6.45, 7) is 1.59. The van der Waals surface area contributed by atoms with Crippen LogP contribution in [0.3, 0.4) is 0 Å². The number of rotatable bonds is 1. The Kier molecular flexibility index (Phi) is 2.23. The lowest BCUT2D eigenvalue weighted by Crippen LogP contribution is -2.43. The number of hydrogen-bond donors (Lipinski definition) is 2. The summed E-state index contributed by atoms with van der Waals surface area (Å²) in [5.74, 6) is 0. The van der Waals surface area contributed by atoms with Gasteiger partial charge in [0.25, 0.3) is 0 Å². The van der Waals surface area contributed by atoms with E-state index in [2.05, 4.69) is 5.32 Å². The summed E-state index contributed by atoms with van der Waals surface area (Å²) in [5, 5.41) is 14.9. The van der Waals surface area contributed by atoms with Crippen molar-refractivity contribution in [3.8, 4) is 0 Å². The van der Waals surface area contributed by atoms with Crippen LogP contribution in [-0.2, 0) is 5.60 Å². The summed E-state index contributed by atoms with van der Waals surface area (Å²) in [6.07, 6.45) is 3.48. The van der Waals surface area contributed by atoms with Crippen LogP contribution in [0.2, 0.25) is 0 Å². The molecule has 2 heterocycles. The van der Waals surface area contributed by atoms with Crippen LogP contribution in [0.5, 0.6) is 0 Å². The van der Waals surface area contributed by atoms with Gasteiger partial charge in [-0.25, -0.2) is 0 Å². The van der Waals surface area contributed by atoms with Crippen LogP contribution in [-0.4, -0.2) is 18.2 Å².